The van der Waals surface area contributed by atoms with E-state index in [4.69, 9.17) is 23.9 Å². The number of carbonyl (C=O) groups is 3. The van der Waals surface area contributed by atoms with Gasteiger partial charge in [-0.25, -0.2) is 9.97 Å². The van der Waals surface area contributed by atoms with Crippen LogP contribution >= 0.6 is 0 Å². The van der Waals surface area contributed by atoms with E-state index in [1.807, 2.05) is 42.5 Å². The minimum Gasteiger partial charge on any atom is -0.494 e. The van der Waals surface area contributed by atoms with Gasteiger partial charge in [-0.2, -0.15) is 0 Å². The number of benzene rings is 2. The van der Waals surface area contributed by atoms with Crippen molar-refractivity contribution in [3.05, 3.63) is 102 Å². The number of nitrogens with one attached hydrogen (secondary N) is 1. The number of allylic oxidation sites excluding steroid dienone is 1. The van der Waals surface area contributed by atoms with Crippen molar-refractivity contribution in [3.63, 3.8) is 0 Å². The molecule has 2 aromatic carbocycles. The normalized spacial score (nSPS) is 21.5. The lowest BCUT2D eigenvalue weighted by Crippen LogP contribution is -2.51. The van der Waals surface area contributed by atoms with Gasteiger partial charge < -0.3 is 29.2 Å². The molecular formula is C45H49N5O7. The molecule has 0 radical (unpaired) electrons. The number of pyridine rings is 2. The smallest absolute Gasteiger partial charge is 0.262 e. The standard InChI is InChI=1S/C45H49N5O7/c1-29-6-15-41(43(51)47-29)50-44(52)38-13-11-34(28-39(38)45(50)53)55-23-5-3-4-20-49-21-17-33(18-22-49)56-36-26-37(27-36)57-35-12-14-40-31(25-35)8-10-32(48-40)9-7-30-16-19-46-42(24-30)54-2/h7-14,16,19,24-25,28,33,36-37,41H,1,3-6,15,17-18,20-23,26-27H2,2H3,(H,47,51)/b9-7+/t36-,37-,41?. The van der Waals surface area contributed by atoms with Crippen LogP contribution in [-0.4, -0.2) is 95.2 Å². The second kappa shape index (κ2) is 17.3. The summed E-state index contributed by atoms with van der Waals surface area (Å²) < 4.78 is 23.9. The van der Waals surface area contributed by atoms with E-state index in [9.17, 15) is 14.4 Å². The molecular weight excluding hydrogens is 723 g/mol. The fraction of sp³-hybridized carbons (Fsp3) is 0.400. The second-order valence-corrected chi connectivity index (χ2v) is 15.3. The number of piperidine rings is 2. The number of imide groups is 1. The number of likely N-dealkylation sites (tertiary alicyclic amines) is 1. The highest BCUT2D eigenvalue weighted by Gasteiger charge is 2.44. The van der Waals surface area contributed by atoms with Gasteiger partial charge in [0, 0.05) is 49.3 Å². The number of hydrogen-bond acceptors (Lipinski definition) is 10. The van der Waals surface area contributed by atoms with Crippen LogP contribution in [0.25, 0.3) is 23.1 Å². The van der Waals surface area contributed by atoms with E-state index in [2.05, 4.69) is 33.9 Å². The van der Waals surface area contributed by atoms with Crippen LogP contribution in [-0.2, 0) is 9.53 Å². The highest BCUT2D eigenvalue weighted by atomic mass is 16.5. The van der Waals surface area contributed by atoms with Gasteiger partial charge in [-0.1, -0.05) is 18.7 Å². The van der Waals surface area contributed by atoms with E-state index in [1.54, 1.807) is 31.5 Å². The summed E-state index contributed by atoms with van der Waals surface area (Å²) >= 11 is 0. The monoisotopic (exact) mass is 771 g/mol. The third-order valence-electron chi connectivity index (χ3n) is 11.3. The molecule has 1 aliphatic carbocycles. The molecule has 0 spiro atoms. The van der Waals surface area contributed by atoms with Gasteiger partial charge in [0.05, 0.1) is 48.3 Å². The molecule has 0 bridgehead atoms. The molecule has 12 nitrogen and oxygen atoms in total. The average molecular weight is 772 g/mol. The summed E-state index contributed by atoms with van der Waals surface area (Å²) in [5.41, 5.74) is 4.00. The van der Waals surface area contributed by atoms with Crippen LogP contribution in [0.2, 0.25) is 0 Å². The zero-order chi connectivity index (χ0) is 39.3. The molecule has 1 saturated carbocycles. The molecule has 57 heavy (non-hydrogen) atoms. The average Bonchev–Trinajstić information content (AvgIpc) is 3.45. The van der Waals surface area contributed by atoms with Crippen molar-refractivity contribution in [1.82, 2.24) is 25.1 Å². The van der Waals surface area contributed by atoms with E-state index in [0.29, 0.717) is 48.4 Å². The van der Waals surface area contributed by atoms with Gasteiger partial charge in [0.2, 0.25) is 11.8 Å². The Kier molecular flexibility index (Phi) is 11.6. The van der Waals surface area contributed by atoms with Crippen molar-refractivity contribution in [2.45, 2.75) is 82.1 Å². The largest absolute Gasteiger partial charge is 0.494 e. The molecule has 2 saturated heterocycles. The molecule has 4 aromatic rings. The van der Waals surface area contributed by atoms with Gasteiger partial charge in [-0.3, -0.25) is 19.3 Å². The zero-order valence-corrected chi connectivity index (χ0v) is 32.4. The number of methoxy groups -OCH3 is 1. The molecule has 8 rings (SSSR count). The molecule has 2 aromatic heterocycles. The Morgan fingerprint density at radius 1 is 0.842 bits per heavy atom. The first-order valence-electron chi connectivity index (χ1n) is 20.1. The number of fused-ring (bicyclic) bond motifs is 2. The van der Waals surface area contributed by atoms with Gasteiger partial charge >= 0.3 is 0 Å². The van der Waals surface area contributed by atoms with Gasteiger partial charge in [0.25, 0.3) is 11.8 Å². The zero-order valence-electron chi connectivity index (χ0n) is 32.4. The number of rotatable bonds is 15. The lowest BCUT2D eigenvalue weighted by atomic mass is 9.91. The predicted molar refractivity (Wildman–Crippen MR) is 216 cm³/mol. The number of carbonyl (C=O) groups excluding carboxylic acids is 3. The molecule has 3 amide bonds. The number of amides is 3. The van der Waals surface area contributed by atoms with E-state index in [0.717, 1.165) is 97.4 Å². The van der Waals surface area contributed by atoms with Crippen molar-refractivity contribution in [2.75, 3.05) is 33.4 Å². The SMILES string of the molecule is C=C1CCC(N2C(=O)c3ccc(OCCCCCN4CCC(O[C@H]5C[C@H](Oc6ccc7nc(/C=C/c8ccnc(OC)c8)ccc7c6)C5)CC4)cc3C2=O)C(=O)N1. The third-order valence-corrected chi connectivity index (χ3v) is 11.3. The third kappa shape index (κ3) is 9.03. The molecule has 3 aliphatic heterocycles. The van der Waals surface area contributed by atoms with Crippen LogP contribution in [0.4, 0.5) is 0 Å². The first-order chi connectivity index (χ1) is 27.8. The number of nitrogens with zero attached hydrogens (tertiary/aromatic N) is 4. The number of ether oxygens (including phenoxy) is 4. The highest BCUT2D eigenvalue weighted by molar-refractivity contribution is 6.23. The van der Waals surface area contributed by atoms with Crippen LogP contribution < -0.4 is 19.5 Å². The van der Waals surface area contributed by atoms with Crippen molar-refractivity contribution in [1.29, 1.82) is 0 Å². The highest BCUT2D eigenvalue weighted by Crippen LogP contribution is 2.33. The summed E-state index contributed by atoms with van der Waals surface area (Å²) in [6, 6.07) is 18.1. The summed E-state index contributed by atoms with van der Waals surface area (Å²) in [6.07, 6.45) is 14.3. The summed E-state index contributed by atoms with van der Waals surface area (Å²) in [5.74, 6) is 0.740. The Morgan fingerprint density at radius 3 is 2.49 bits per heavy atom. The topological polar surface area (TPSA) is 132 Å². The maximum atomic E-state index is 13.1. The van der Waals surface area contributed by atoms with Crippen LogP contribution in [0.3, 0.4) is 0 Å². The minimum atomic E-state index is -0.821. The van der Waals surface area contributed by atoms with E-state index in [1.165, 1.54) is 0 Å². The first-order valence-corrected chi connectivity index (χ1v) is 20.1. The fourth-order valence-corrected chi connectivity index (χ4v) is 7.99. The molecule has 1 unspecified atom stereocenters. The molecule has 4 aliphatic rings. The summed E-state index contributed by atoms with van der Waals surface area (Å²) in [7, 11) is 1.61. The summed E-state index contributed by atoms with van der Waals surface area (Å²) in [5, 5.41) is 3.71. The van der Waals surface area contributed by atoms with Gasteiger partial charge in [0.15, 0.2) is 0 Å². The minimum absolute atomic E-state index is 0.168. The Labute approximate surface area is 332 Å². The molecule has 5 heterocycles. The van der Waals surface area contributed by atoms with Crippen LogP contribution in [0, 0.1) is 0 Å². The van der Waals surface area contributed by atoms with Crippen molar-refractivity contribution in [3.8, 4) is 17.4 Å². The van der Waals surface area contributed by atoms with Crippen molar-refractivity contribution >= 4 is 40.8 Å². The van der Waals surface area contributed by atoms with E-state index < -0.39 is 17.9 Å². The summed E-state index contributed by atoms with van der Waals surface area (Å²) in [4.78, 5) is 51.1. The number of aromatic nitrogens is 2. The van der Waals surface area contributed by atoms with Crippen molar-refractivity contribution < 1.29 is 33.3 Å². The quantitative estimate of drug-likeness (QED) is 0.101. The Balaban J connectivity index is 0.692. The maximum Gasteiger partial charge on any atom is 0.262 e. The molecule has 296 valence electrons. The lowest BCUT2D eigenvalue weighted by molar-refractivity contribution is -0.125. The van der Waals surface area contributed by atoms with Crippen molar-refractivity contribution in [2.24, 2.45) is 0 Å². The molecule has 3 fully saturated rings. The Bertz CT molecular complexity index is 2170. The number of hydrogen-bond donors (Lipinski definition) is 1. The number of unbranched alkanes of at least 4 members (excludes halogenated alkanes) is 2. The molecule has 12 heteroatoms. The second-order valence-electron chi connectivity index (χ2n) is 15.3. The van der Waals surface area contributed by atoms with Crippen LogP contribution in [0.5, 0.6) is 17.4 Å². The van der Waals surface area contributed by atoms with Crippen LogP contribution in [0.15, 0.2) is 79.1 Å². The fourth-order valence-electron chi connectivity index (χ4n) is 7.99. The predicted octanol–water partition coefficient (Wildman–Crippen LogP) is 6.84. The first kappa shape index (κ1) is 38.3. The molecule has 1 atom stereocenters. The van der Waals surface area contributed by atoms with E-state index in [-0.39, 0.29) is 23.7 Å². The lowest BCUT2D eigenvalue weighted by Gasteiger charge is -2.40. The Hall–Kier alpha value is -5.59. The maximum absolute atomic E-state index is 13.1. The van der Waals surface area contributed by atoms with E-state index >= 15 is 0 Å². The molecule has 1 N–H and O–H groups in total. The summed E-state index contributed by atoms with van der Waals surface area (Å²) in [6.45, 7) is 7.45. The van der Waals surface area contributed by atoms with Gasteiger partial charge in [0.1, 0.15) is 23.6 Å². The van der Waals surface area contributed by atoms with Crippen LogP contribution in [0.1, 0.15) is 89.8 Å². The van der Waals surface area contributed by atoms with Gasteiger partial charge in [-0.15, -0.1) is 0 Å². The Morgan fingerprint density at radius 2 is 1.67 bits per heavy atom. The van der Waals surface area contributed by atoms with Gasteiger partial charge in [-0.05, 0) is 112 Å².